The zero-order valence-electron chi connectivity index (χ0n) is 13.0. The Morgan fingerprint density at radius 3 is 2.45 bits per heavy atom. The summed E-state index contributed by atoms with van der Waals surface area (Å²) in [5, 5.41) is 3.53. The molecular formula is C18H20ClNO2. The maximum absolute atomic E-state index is 12.2. The van der Waals surface area contributed by atoms with Gasteiger partial charge in [0.1, 0.15) is 5.75 Å². The lowest BCUT2D eigenvalue weighted by Gasteiger charge is -2.19. The first-order chi connectivity index (χ1) is 10.5. The Kier molecular flexibility index (Phi) is 5.45. The molecule has 0 radical (unpaired) electrons. The van der Waals surface area contributed by atoms with Gasteiger partial charge < -0.3 is 10.1 Å². The molecule has 0 spiro atoms. The molecule has 0 bridgehead atoms. The van der Waals surface area contributed by atoms with Gasteiger partial charge in [0.05, 0.1) is 6.04 Å². The minimum absolute atomic E-state index is 0.0708. The summed E-state index contributed by atoms with van der Waals surface area (Å²) >= 11 is 5.90. The smallest absolute Gasteiger partial charge is 0.261 e. The first-order valence-corrected chi connectivity index (χ1v) is 7.62. The predicted molar refractivity (Wildman–Crippen MR) is 89.3 cm³/mol. The first kappa shape index (κ1) is 16.4. The van der Waals surface area contributed by atoms with Crippen LogP contribution in [0.5, 0.6) is 5.75 Å². The normalized spacial score (nSPS) is 13.3. The van der Waals surface area contributed by atoms with Gasteiger partial charge >= 0.3 is 0 Å². The van der Waals surface area contributed by atoms with E-state index < -0.39 is 6.10 Å². The fourth-order valence-corrected chi connectivity index (χ4v) is 2.25. The second-order valence-electron chi connectivity index (χ2n) is 5.36. The number of halogens is 1. The molecule has 2 atom stereocenters. The van der Waals surface area contributed by atoms with E-state index in [9.17, 15) is 4.79 Å². The van der Waals surface area contributed by atoms with Gasteiger partial charge in [0.2, 0.25) is 0 Å². The van der Waals surface area contributed by atoms with Gasteiger partial charge in [-0.15, -0.1) is 0 Å². The van der Waals surface area contributed by atoms with Crippen molar-refractivity contribution in [3.05, 3.63) is 64.7 Å². The average molecular weight is 318 g/mol. The number of carbonyl (C=O) groups is 1. The van der Waals surface area contributed by atoms with Crippen molar-refractivity contribution in [2.24, 2.45) is 0 Å². The highest BCUT2D eigenvalue weighted by Crippen LogP contribution is 2.19. The van der Waals surface area contributed by atoms with Crippen LogP contribution < -0.4 is 10.1 Å². The number of carbonyl (C=O) groups excluding carboxylic acids is 1. The fraction of sp³-hybridized carbons (Fsp3) is 0.278. The van der Waals surface area contributed by atoms with Crippen molar-refractivity contribution in [3.8, 4) is 5.75 Å². The molecule has 0 aromatic heterocycles. The molecule has 0 aliphatic carbocycles. The number of hydrogen-bond acceptors (Lipinski definition) is 2. The number of amides is 1. The van der Waals surface area contributed by atoms with Crippen LogP contribution in [0, 0.1) is 6.92 Å². The van der Waals surface area contributed by atoms with Gasteiger partial charge in [0, 0.05) is 5.02 Å². The second kappa shape index (κ2) is 7.32. The lowest BCUT2D eigenvalue weighted by atomic mass is 10.1. The van der Waals surface area contributed by atoms with Crippen LogP contribution in [0.3, 0.4) is 0 Å². The van der Waals surface area contributed by atoms with Crippen molar-refractivity contribution < 1.29 is 9.53 Å². The SMILES string of the molecule is Cc1ccc([C@@H](C)NC(=O)[C@@H](C)Oc2cccc(Cl)c2)cc1. The molecule has 4 heteroatoms. The summed E-state index contributed by atoms with van der Waals surface area (Å²) in [6.07, 6.45) is -0.591. The summed E-state index contributed by atoms with van der Waals surface area (Å²) < 4.78 is 5.62. The van der Waals surface area contributed by atoms with Crippen molar-refractivity contribution in [1.29, 1.82) is 0 Å². The van der Waals surface area contributed by atoms with E-state index in [2.05, 4.69) is 5.32 Å². The fourth-order valence-electron chi connectivity index (χ4n) is 2.07. The molecule has 0 unspecified atom stereocenters. The van der Waals surface area contributed by atoms with Gasteiger partial charge in [-0.2, -0.15) is 0 Å². The van der Waals surface area contributed by atoms with Crippen LogP contribution >= 0.6 is 11.6 Å². The van der Waals surface area contributed by atoms with Gasteiger partial charge in [0.25, 0.3) is 5.91 Å². The van der Waals surface area contributed by atoms with Crippen LogP contribution in [0.15, 0.2) is 48.5 Å². The van der Waals surface area contributed by atoms with Gasteiger partial charge in [-0.1, -0.05) is 47.5 Å². The van der Waals surface area contributed by atoms with Gasteiger partial charge in [-0.25, -0.2) is 0 Å². The molecule has 2 rings (SSSR count). The summed E-state index contributed by atoms with van der Waals surface area (Å²) in [4.78, 5) is 12.2. The molecule has 0 aliphatic heterocycles. The quantitative estimate of drug-likeness (QED) is 0.893. The molecule has 0 saturated heterocycles. The Morgan fingerprint density at radius 1 is 1.14 bits per heavy atom. The third-order valence-electron chi connectivity index (χ3n) is 3.41. The van der Waals surface area contributed by atoms with Crippen LogP contribution in [0.1, 0.15) is 31.0 Å². The Balaban J connectivity index is 1.94. The standard InChI is InChI=1S/C18H20ClNO2/c1-12-7-9-15(10-8-12)13(2)20-18(21)14(3)22-17-6-4-5-16(19)11-17/h4-11,13-14H,1-3H3,(H,20,21)/t13-,14-/m1/s1. The van der Waals surface area contributed by atoms with E-state index >= 15 is 0 Å². The first-order valence-electron chi connectivity index (χ1n) is 7.25. The number of nitrogens with one attached hydrogen (secondary N) is 1. The maximum atomic E-state index is 12.2. The molecule has 0 aliphatic rings. The molecule has 1 amide bonds. The molecule has 0 heterocycles. The van der Waals surface area contributed by atoms with E-state index in [-0.39, 0.29) is 11.9 Å². The van der Waals surface area contributed by atoms with Crippen LogP contribution in [0.4, 0.5) is 0 Å². The molecule has 2 aromatic rings. The van der Waals surface area contributed by atoms with Crippen LogP contribution in [-0.2, 0) is 4.79 Å². The number of rotatable bonds is 5. The minimum Gasteiger partial charge on any atom is -0.481 e. The summed E-state index contributed by atoms with van der Waals surface area (Å²) in [6.45, 7) is 5.71. The van der Waals surface area contributed by atoms with Crippen molar-refractivity contribution >= 4 is 17.5 Å². The monoisotopic (exact) mass is 317 g/mol. The van der Waals surface area contributed by atoms with Crippen molar-refractivity contribution in [1.82, 2.24) is 5.32 Å². The lowest BCUT2D eigenvalue weighted by Crippen LogP contribution is -2.37. The van der Waals surface area contributed by atoms with Gasteiger partial charge in [-0.05, 0) is 44.5 Å². The summed E-state index contributed by atoms with van der Waals surface area (Å²) in [7, 11) is 0. The Hall–Kier alpha value is -2.00. The van der Waals surface area contributed by atoms with Gasteiger partial charge in [-0.3, -0.25) is 4.79 Å². The molecule has 116 valence electrons. The summed E-state index contributed by atoms with van der Waals surface area (Å²) in [5.74, 6) is 0.422. The molecule has 0 fully saturated rings. The van der Waals surface area contributed by atoms with Crippen molar-refractivity contribution in [3.63, 3.8) is 0 Å². The number of hydrogen-bond donors (Lipinski definition) is 1. The number of ether oxygens (including phenoxy) is 1. The third kappa shape index (κ3) is 4.50. The predicted octanol–water partition coefficient (Wildman–Crippen LogP) is 4.29. The van der Waals surface area contributed by atoms with E-state index in [1.165, 1.54) is 5.56 Å². The maximum Gasteiger partial charge on any atom is 0.261 e. The molecule has 2 aromatic carbocycles. The summed E-state index contributed by atoms with van der Waals surface area (Å²) in [5.41, 5.74) is 2.26. The molecule has 3 nitrogen and oxygen atoms in total. The largest absolute Gasteiger partial charge is 0.481 e. The topological polar surface area (TPSA) is 38.3 Å². The van der Waals surface area contributed by atoms with E-state index in [0.717, 1.165) is 5.56 Å². The highest BCUT2D eigenvalue weighted by molar-refractivity contribution is 6.30. The van der Waals surface area contributed by atoms with Crippen LogP contribution in [-0.4, -0.2) is 12.0 Å². The number of aryl methyl sites for hydroxylation is 1. The Bertz CT molecular complexity index is 640. The zero-order chi connectivity index (χ0) is 16.1. The van der Waals surface area contributed by atoms with E-state index in [1.807, 2.05) is 38.1 Å². The van der Waals surface area contributed by atoms with Crippen molar-refractivity contribution in [2.45, 2.75) is 32.9 Å². The van der Waals surface area contributed by atoms with Gasteiger partial charge in [0.15, 0.2) is 6.10 Å². The third-order valence-corrected chi connectivity index (χ3v) is 3.65. The zero-order valence-corrected chi connectivity index (χ0v) is 13.7. The van der Waals surface area contributed by atoms with Crippen molar-refractivity contribution in [2.75, 3.05) is 0 Å². The van der Waals surface area contributed by atoms with E-state index in [0.29, 0.717) is 10.8 Å². The Morgan fingerprint density at radius 2 is 1.82 bits per heavy atom. The summed E-state index contributed by atoms with van der Waals surface area (Å²) in [6, 6.07) is 15.0. The minimum atomic E-state index is -0.591. The molecular weight excluding hydrogens is 298 g/mol. The highest BCUT2D eigenvalue weighted by atomic mass is 35.5. The van der Waals surface area contributed by atoms with E-state index in [4.69, 9.17) is 16.3 Å². The second-order valence-corrected chi connectivity index (χ2v) is 5.79. The molecule has 22 heavy (non-hydrogen) atoms. The Labute approximate surface area is 136 Å². The number of benzene rings is 2. The lowest BCUT2D eigenvalue weighted by molar-refractivity contribution is -0.127. The van der Waals surface area contributed by atoms with Crippen LogP contribution in [0.2, 0.25) is 5.02 Å². The molecule has 1 N–H and O–H groups in total. The van der Waals surface area contributed by atoms with Crippen LogP contribution in [0.25, 0.3) is 0 Å². The average Bonchev–Trinajstić information content (AvgIpc) is 2.47. The highest BCUT2D eigenvalue weighted by Gasteiger charge is 2.17. The van der Waals surface area contributed by atoms with E-state index in [1.54, 1.807) is 31.2 Å². The molecule has 0 saturated carbocycles.